The summed E-state index contributed by atoms with van der Waals surface area (Å²) in [7, 11) is -2.38. The molecule has 3 heterocycles. The second-order valence-electron chi connectivity index (χ2n) is 4.82. The molecule has 4 bridgehead atoms. The molecule has 3 aliphatic heterocycles. The van der Waals surface area contributed by atoms with Gasteiger partial charge in [0, 0.05) is 26.4 Å². The highest BCUT2D eigenvalue weighted by Gasteiger charge is 2.35. The summed E-state index contributed by atoms with van der Waals surface area (Å²) in [4.78, 5) is 0. The zero-order chi connectivity index (χ0) is 11.7. The second kappa shape index (κ2) is 4.53. The Morgan fingerprint density at radius 3 is 1.47 bits per heavy atom. The van der Waals surface area contributed by atoms with Crippen LogP contribution in [0.15, 0.2) is 18.2 Å². The van der Waals surface area contributed by atoms with Crippen LogP contribution in [0.2, 0.25) is 6.55 Å². The molecule has 0 fully saturated rings. The Labute approximate surface area is 103 Å². The van der Waals surface area contributed by atoms with Crippen LogP contribution < -0.4 is 0 Å². The van der Waals surface area contributed by atoms with Crippen LogP contribution in [-0.2, 0) is 32.5 Å². The van der Waals surface area contributed by atoms with Crippen molar-refractivity contribution in [2.24, 2.45) is 0 Å². The highest BCUT2D eigenvalue weighted by Crippen LogP contribution is 2.20. The molecular formula is C13H18O3Si. The summed E-state index contributed by atoms with van der Waals surface area (Å²) in [6, 6.07) is 6.84. The molecule has 0 saturated carbocycles. The molecule has 0 aliphatic carbocycles. The lowest BCUT2D eigenvalue weighted by atomic mass is 10.0. The van der Waals surface area contributed by atoms with Crippen molar-refractivity contribution in [1.82, 2.24) is 0 Å². The second-order valence-corrected chi connectivity index (χ2v) is 7.41. The van der Waals surface area contributed by atoms with E-state index in [0.717, 1.165) is 19.3 Å². The van der Waals surface area contributed by atoms with Gasteiger partial charge in [-0.15, -0.1) is 0 Å². The van der Waals surface area contributed by atoms with Crippen LogP contribution in [0.1, 0.15) is 16.7 Å². The van der Waals surface area contributed by atoms with Crippen molar-refractivity contribution in [2.75, 3.05) is 19.8 Å². The van der Waals surface area contributed by atoms with Crippen molar-refractivity contribution in [2.45, 2.75) is 25.8 Å². The molecule has 3 nitrogen and oxygen atoms in total. The van der Waals surface area contributed by atoms with Crippen molar-refractivity contribution >= 4 is 8.80 Å². The summed E-state index contributed by atoms with van der Waals surface area (Å²) < 4.78 is 17.6. The molecule has 0 unspecified atom stereocenters. The van der Waals surface area contributed by atoms with E-state index in [1.165, 1.54) is 16.7 Å². The minimum Gasteiger partial charge on any atom is -0.373 e. The van der Waals surface area contributed by atoms with Crippen LogP contribution >= 0.6 is 0 Å². The van der Waals surface area contributed by atoms with Gasteiger partial charge in [-0.25, -0.2) is 0 Å². The standard InChI is InChI=1S/C13H18O3Si/c1-17-14-5-2-11-8-12(3-6-15-17)10-13(9-11)4-7-16-17/h8-10H,2-7H2,1H3. The van der Waals surface area contributed by atoms with E-state index in [0.29, 0.717) is 19.8 Å². The maximum atomic E-state index is 5.87. The average molecular weight is 250 g/mol. The zero-order valence-corrected chi connectivity index (χ0v) is 11.2. The van der Waals surface area contributed by atoms with Crippen molar-refractivity contribution in [1.29, 1.82) is 0 Å². The van der Waals surface area contributed by atoms with Crippen LogP contribution in [-0.4, -0.2) is 28.6 Å². The summed E-state index contributed by atoms with van der Waals surface area (Å²) in [5.41, 5.74) is 4.16. The Morgan fingerprint density at radius 2 is 1.12 bits per heavy atom. The molecule has 0 radical (unpaired) electrons. The van der Waals surface area contributed by atoms with Gasteiger partial charge < -0.3 is 13.3 Å². The van der Waals surface area contributed by atoms with Gasteiger partial charge in [0.25, 0.3) is 0 Å². The minimum absolute atomic E-state index is 0.700. The fraction of sp³-hybridized carbons (Fsp3) is 0.538. The topological polar surface area (TPSA) is 27.7 Å². The van der Waals surface area contributed by atoms with Gasteiger partial charge in [-0.1, -0.05) is 18.2 Å². The Morgan fingerprint density at radius 1 is 0.765 bits per heavy atom. The normalized spacial score (nSPS) is 23.1. The predicted octanol–water partition coefficient (Wildman–Crippen LogP) is 1.96. The fourth-order valence-corrected chi connectivity index (χ4v) is 4.13. The molecule has 3 aliphatic rings. The average Bonchev–Trinajstić information content (AvgIpc) is 2.28. The molecular weight excluding hydrogens is 232 g/mol. The van der Waals surface area contributed by atoms with E-state index in [4.69, 9.17) is 13.3 Å². The third-order valence-electron chi connectivity index (χ3n) is 3.38. The van der Waals surface area contributed by atoms with Gasteiger partial charge in [0.1, 0.15) is 0 Å². The summed E-state index contributed by atoms with van der Waals surface area (Å²) in [6.07, 6.45) is 2.86. The number of benzene rings is 1. The quantitative estimate of drug-likeness (QED) is 0.659. The number of hydrogen-bond acceptors (Lipinski definition) is 3. The van der Waals surface area contributed by atoms with E-state index in [2.05, 4.69) is 18.2 Å². The molecule has 17 heavy (non-hydrogen) atoms. The van der Waals surface area contributed by atoms with Crippen molar-refractivity contribution in [3.05, 3.63) is 34.9 Å². The number of hydrogen-bond donors (Lipinski definition) is 0. The Kier molecular flexibility index (Phi) is 3.04. The van der Waals surface area contributed by atoms with Gasteiger partial charge in [-0.05, 0) is 36.0 Å². The van der Waals surface area contributed by atoms with Crippen LogP contribution in [0.3, 0.4) is 0 Å². The molecule has 0 amide bonds. The summed E-state index contributed by atoms with van der Waals surface area (Å²) in [5.74, 6) is 0. The van der Waals surface area contributed by atoms with E-state index in [-0.39, 0.29) is 0 Å². The lowest BCUT2D eigenvalue weighted by Crippen LogP contribution is -2.44. The maximum absolute atomic E-state index is 5.87. The third kappa shape index (κ3) is 2.60. The van der Waals surface area contributed by atoms with Crippen LogP contribution in [0, 0.1) is 0 Å². The summed E-state index contributed by atoms with van der Waals surface area (Å²) >= 11 is 0. The van der Waals surface area contributed by atoms with Crippen molar-refractivity contribution in [3.63, 3.8) is 0 Å². The summed E-state index contributed by atoms with van der Waals surface area (Å²) in [5, 5.41) is 0. The molecule has 4 heteroatoms. The van der Waals surface area contributed by atoms with Crippen LogP contribution in [0.5, 0.6) is 0 Å². The van der Waals surface area contributed by atoms with E-state index in [1.54, 1.807) is 0 Å². The first-order chi connectivity index (χ1) is 8.23. The monoisotopic (exact) mass is 250 g/mol. The summed E-state index contributed by atoms with van der Waals surface area (Å²) in [6.45, 7) is 4.11. The SMILES string of the molecule is C[Si]12OCCc3cc(cc(c3)CCO1)CCO2. The maximum Gasteiger partial charge on any atom is 0.497 e. The van der Waals surface area contributed by atoms with Gasteiger partial charge in [0.05, 0.1) is 0 Å². The van der Waals surface area contributed by atoms with Crippen LogP contribution in [0.4, 0.5) is 0 Å². The van der Waals surface area contributed by atoms with E-state index in [1.807, 2.05) is 6.55 Å². The Balaban J connectivity index is 2.00. The van der Waals surface area contributed by atoms with Gasteiger partial charge in [0.2, 0.25) is 0 Å². The molecule has 0 saturated heterocycles. The van der Waals surface area contributed by atoms with E-state index >= 15 is 0 Å². The van der Waals surface area contributed by atoms with Crippen LogP contribution in [0.25, 0.3) is 0 Å². The van der Waals surface area contributed by atoms with E-state index in [9.17, 15) is 0 Å². The third-order valence-corrected chi connectivity index (χ3v) is 5.56. The lowest BCUT2D eigenvalue weighted by molar-refractivity contribution is 0.0665. The van der Waals surface area contributed by atoms with Gasteiger partial charge in [0.15, 0.2) is 0 Å². The zero-order valence-electron chi connectivity index (χ0n) is 10.2. The number of rotatable bonds is 0. The molecule has 0 aromatic heterocycles. The Hall–Kier alpha value is -0.683. The molecule has 1 aromatic rings. The van der Waals surface area contributed by atoms with Gasteiger partial charge in [-0.2, -0.15) is 0 Å². The largest absolute Gasteiger partial charge is 0.497 e. The molecule has 4 rings (SSSR count). The fourth-order valence-electron chi connectivity index (χ4n) is 2.46. The molecule has 92 valence electrons. The van der Waals surface area contributed by atoms with E-state index < -0.39 is 8.80 Å². The lowest BCUT2D eigenvalue weighted by Gasteiger charge is -2.28. The molecule has 1 aromatic carbocycles. The smallest absolute Gasteiger partial charge is 0.373 e. The number of fused-ring (bicyclic) bond motifs is 6. The molecule has 0 spiro atoms. The first kappa shape index (κ1) is 11.4. The molecule has 0 N–H and O–H groups in total. The van der Waals surface area contributed by atoms with Gasteiger partial charge in [-0.3, -0.25) is 0 Å². The first-order valence-corrected chi connectivity index (χ1v) is 8.50. The highest BCUT2D eigenvalue weighted by molar-refractivity contribution is 6.59. The van der Waals surface area contributed by atoms with Crippen molar-refractivity contribution < 1.29 is 13.3 Å². The van der Waals surface area contributed by atoms with Gasteiger partial charge >= 0.3 is 8.80 Å². The molecule has 0 atom stereocenters. The highest BCUT2D eigenvalue weighted by atomic mass is 28.4. The first-order valence-electron chi connectivity index (χ1n) is 6.27. The minimum atomic E-state index is -2.38. The Bertz CT molecular complexity index is 347. The van der Waals surface area contributed by atoms with Crippen molar-refractivity contribution in [3.8, 4) is 0 Å². The predicted molar refractivity (Wildman–Crippen MR) is 67.0 cm³/mol.